The number of ether oxygens (including phenoxy) is 1. The van der Waals surface area contributed by atoms with Gasteiger partial charge in [-0.2, -0.15) is 0 Å². The lowest BCUT2D eigenvalue weighted by Gasteiger charge is -2.26. The molecule has 100 valence electrons. The molecule has 0 bridgehead atoms. The molecule has 1 aromatic heterocycles. The minimum absolute atomic E-state index is 0.865. The van der Waals surface area contributed by atoms with Crippen molar-refractivity contribution in [3.05, 3.63) is 46.8 Å². The average molecular weight is 273 g/mol. The molecule has 2 nitrogen and oxygen atoms in total. The maximum Gasteiger partial charge on any atom is 0.0594 e. The fraction of sp³-hybridized carbons (Fsp3) is 0.375. The summed E-state index contributed by atoms with van der Waals surface area (Å²) >= 11 is 1.86. The van der Waals surface area contributed by atoms with E-state index in [1.165, 1.54) is 20.9 Å². The molecule has 3 heteroatoms. The lowest BCUT2D eigenvalue weighted by molar-refractivity contribution is 0.0342. The highest BCUT2D eigenvalue weighted by Crippen LogP contribution is 2.28. The monoisotopic (exact) mass is 273 g/mol. The molecule has 0 amide bonds. The van der Waals surface area contributed by atoms with Crippen molar-refractivity contribution in [2.45, 2.75) is 13.5 Å². The quantitative estimate of drug-likeness (QED) is 0.848. The zero-order chi connectivity index (χ0) is 13.1. The van der Waals surface area contributed by atoms with E-state index in [-0.39, 0.29) is 0 Å². The van der Waals surface area contributed by atoms with Crippen LogP contribution in [-0.2, 0) is 11.3 Å². The normalized spacial score (nSPS) is 16.7. The van der Waals surface area contributed by atoms with Gasteiger partial charge in [-0.1, -0.05) is 18.2 Å². The van der Waals surface area contributed by atoms with E-state index >= 15 is 0 Å². The van der Waals surface area contributed by atoms with Crippen LogP contribution in [-0.4, -0.2) is 31.2 Å². The molecule has 1 saturated heterocycles. The van der Waals surface area contributed by atoms with Crippen molar-refractivity contribution >= 4 is 11.3 Å². The number of rotatable bonds is 3. The first-order valence-corrected chi connectivity index (χ1v) is 7.59. The van der Waals surface area contributed by atoms with Gasteiger partial charge in [0.25, 0.3) is 0 Å². The van der Waals surface area contributed by atoms with Crippen LogP contribution in [0.15, 0.2) is 36.4 Å². The molecular weight excluding hydrogens is 254 g/mol. The molecule has 1 aliphatic heterocycles. The summed E-state index contributed by atoms with van der Waals surface area (Å²) in [5.41, 5.74) is 2.73. The van der Waals surface area contributed by atoms with E-state index in [1.807, 2.05) is 11.3 Å². The Morgan fingerprint density at radius 3 is 2.74 bits per heavy atom. The standard InChI is InChI=1S/C16H19NOS/c1-13-5-6-16(19-13)15-4-2-3-14(11-15)12-17-7-9-18-10-8-17/h2-6,11H,7-10,12H2,1H3. The lowest BCUT2D eigenvalue weighted by Crippen LogP contribution is -2.35. The summed E-state index contributed by atoms with van der Waals surface area (Å²) in [6.45, 7) is 7.01. The molecule has 0 saturated carbocycles. The van der Waals surface area contributed by atoms with Gasteiger partial charge >= 0.3 is 0 Å². The molecule has 2 aromatic rings. The summed E-state index contributed by atoms with van der Waals surface area (Å²) in [5.74, 6) is 0. The summed E-state index contributed by atoms with van der Waals surface area (Å²) in [5, 5.41) is 0. The van der Waals surface area contributed by atoms with Gasteiger partial charge in [0.05, 0.1) is 13.2 Å². The number of benzene rings is 1. The second-order valence-electron chi connectivity index (χ2n) is 5.00. The Hall–Kier alpha value is -1.16. The van der Waals surface area contributed by atoms with Crippen LogP contribution in [0.2, 0.25) is 0 Å². The highest BCUT2D eigenvalue weighted by molar-refractivity contribution is 7.15. The minimum Gasteiger partial charge on any atom is -0.379 e. The summed E-state index contributed by atoms with van der Waals surface area (Å²) < 4.78 is 5.39. The van der Waals surface area contributed by atoms with Crippen molar-refractivity contribution in [2.75, 3.05) is 26.3 Å². The van der Waals surface area contributed by atoms with E-state index in [0.717, 1.165) is 32.8 Å². The largest absolute Gasteiger partial charge is 0.379 e. The first-order valence-electron chi connectivity index (χ1n) is 6.77. The number of thiophene rings is 1. The molecule has 0 spiro atoms. The summed E-state index contributed by atoms with van der Waals surface area (Å²) in [4.78, 5) is 5.19. The Balaban J connectivity index is 1.75. The second-order valence-corrected chi connectivity index (χ2v) is 6.29. The summed E-state index contributed by atoms with van der Waals surface area (Å²) in [6, 6.07) is 13.3. The van der Waals surface area contributed by atoms with Crippen LogP contribution in [0.5, 0.6) is 0 Å². The van der Waals surface area contributed by atoms with Crippen LogP contribution in [0.1, 0.15) is 10.4 Å². The minimum atomic E-state index is 0.865. The molecule has 19 heavy (non-hydrogen) atoms. The van der Waals surface area contributed by atoms with E-state index in [9.17, 15) is 0 Å². The molecule has 3 rings (SSSR count). The predicted molar refractivity (Wildman–Crippen MR) is 80.6 cm³/mol. The van der Waals surface area contributed by atoms with Crippen molar-refractivity contribution in [3.63, 3.8) is 0 Å². The lowest BCUT2D eigenvalue weighted by atomic mass is 10.1. The van der Waals surface area contributed by atoms with E-state index in [4.69, 9.17) is 4.74 Å². The van der Waals surface area contributed by atoms with Gasteiger partial charge in [0.2, 0.25) is 0 Å². The van der Waals surface area contributed by atoms with Gasteiger partial charge in [-0.3, -0.25) is 4.90 Å². The molecular formula is C16H19NOS. The van der Waals surface area contributed by atoms with Crippen LogP contribution >= 0.6 is 11.3 Å². The van der Waals surface area contributed by atoms with E-state index in [1.54, 1.807) is 0 Å². The van der Waals surface area contributed by atoms with Crippen molar-refractivity contribution in [1.29, 1.82) is 0 Å². The maximum absolute atomic E-state index is 5.39. The Morgan fingerprint density at radius 1 is 1.16 bits per heavy atom. The zero-order valence-electron chi connectivity index (χ0n) is 11.3. The highest BCUT2D eigenvalue weighted by atomic mass is 32.1. The first kappa shape index (κ1) is 12.9. The van der Waals surface area contributed by atoms with Crippen molar-refractivity contribution < 1.29 is 4.74 Å². The number of morpholine rings is 1. The van der Waals surface area contributed by atoms with Gasteiger partial charge in [0.1, 0.15) is 0 Å². The van der Waals surface area contributed by atoms with Crippen molar-refractivity contribution in [2.24, 2.45) is 0 Å². The van der Waals surface area contributed by atoms with Gasteiger partial charge in [0.15, 0.2) is 0 Å². The summed E-state index contributed by atoms with van der Waals surface area (Å²) in [7, 11) is 0. The Kier molecular flexibility index (Phi) is 3.97. The van der Waals surface area contributed by atoms with Crippen LogP contribution in [0.25, 0.3) is 10.4 Å². The molecule has 1 aromatic carbocycles. The summed E-state index contributed by atoms with van der Waals surface area (Å²) in [6.07, 6.45) is 0. The Bertz CT molecular complexity index is 543. The SMILES string of the molecule is Cc1ccc(-c2cccc(CN3CCOCC3)c2)s1. The van der Waals surface area contributed by atoms with Crippen LogP contribution < -0.4 is 0 Å². The van der Waals surface area contributed by atoms with Crippen molar-refractivity contribution in [3.8, 4) is 10.4 Å². The Labute approximate surface area is 118 Å². The first-order chi connectivity index (χ1) is 9.31. The van der Waals surface area contributed by atoms with Crippen LogP contribution in [0.3, 0.4) is 0 Å². The number of aryl methyl sites for hydroxylation is 1. The van der Waals surface area contributed by atoms with E-state index in [0.29, 0.717) is 0 Å². The highest BCUT2D eigenvalue weighted by Gasteiger charge is 2.11. The smallest absolute Gasteiger partial charge is 0.0594 e. The molecule has 2 heterocycles. The fourth-order valence-electron chi connectivity index (χ4n) is 2.43. The van der Waals surface area contributed by atoms with Gasteiger partial charge < -0.3 is 4.74 Å². The molecule has 0 aliphatic carbocycles. The molecule has 1 aliphatic rings. The molecule has 0 radical (unpaired) electrons. The predicted octanol–water partition coefficient (Wildman–Crippen LogP) is 3.56. The van der Waals surface area contributed by atoms with Gasteiger partial charge in [0, 0.05) is 29.4 Å². The molecule has 0 N–H and O–H groups in total. The van der Waals surface area contributed by atoms with Gasteiger partial charge in [-0.15, -0.1) is 11.3 Å². The molecule has 0 unspecified atom stereocenters. The number of nitrogens with zero attached hydrogens (tertiary/aromatic N) is 1. The zero-order valence-corrected chi connectivity index (χ0v) is 12.1. The van der Waals surface area contributed by atoms with Gasteiger partial charge in [-0.05, 0) is 36.2 Å². The Morgan fingerprint density at radius 2 is 2.00 bits per heavy atom. The fourth-order valence-corrected chi connectivity index (χ4v) is 3.29. The maximum atomic E-state index is 5.39. The van der Waals surface area contributed by atoms with E-state index in [2.05, 4.69) is 48.2 Å². The molecule has 1 fully saturated rings. The third-order valence-corrected chi connectivity index (χ3v) is 4.51. The topological polar surface area (TPSA) is 12.5 Å². The third kappa shape index (κ3) is 3.24. The van der Waals surface area contributed by atoms with Crippen molar-refractivity contribution in [1.82, 2.24) is 4.90 Å². The molecule has 0 atom stereocenters. The van der Waals surface area contributed by atoms with Crippen LogP contribution in [0, 0.1) is 6.92 Å². The van der Waals surface area contributed by atoms with Crippen LogP contribution in [0.4, 0.5) is 0 Å². The number of hydrogen-bond acceptors (Lipinski definition) is 3. The number of hydrogen-bond donors (Lipinski definition) is 0. The van der Waals surface area contributed by atoms with E-state index < -0.39 is 0 Å². The average Bonchev–Trinajstić information content (AvgIpc) is 2.87. The third-order valence-electron chi connectivity index (χ3n) is 3.46. The second kappa shape index (κ2) is 5.87. The van der Waals surface area contributed by atoms with Gasteiger partial charge in [-0.25, -0.2) is 0 Å².